The second kappa shape index (κ2) is 8.95. The van der Waals surface area contributed by atoms with E-state index in [4.69, 9.17) is 4.42 Å². The number of carbonyl (C=O) groups is 2. The van der Waals surface area contributed by atoms with Crippen LogP contribution in [0.3, 0.4) is 0 Å². The summed E-state index contributed by atoms with van der Waals surface area (Å²) in [6, 6.07) is 9.98. The van der Waals surface area contributed by atoms with Crippen molar-refractivity contribution < 1.29 is 14.0 Å². The zero-order chi connectivity index (χ0) is 18.9. The molecule has 0 aliphatic heterocycles. The van der Waals surface area contributed by atoms with Crippen LogP contribution in [-0.2, 0) is 0 Å². The normalized spacial score (nSPS) is 11.1. The summed E-state index contributed by atoms with van der Waals surface area (Å²) in [6.45, 7) is -0.0946. The molecule has 3 rings (SSSR count). The Labute approximate surface area is 154 Å². The predicted molar refractivity (Wildman–Crippen MR) is 99.0 cm³/mol. The van der Waals surface area contributed by atoms with Gasteiger partial charge in [0, 0.05) is 42.1 Å². The minimum Gasteiger partial charge on any atom is -0.448 e. The molecule has 3 aromatic heterocycles. The van der Waals surface area contributed by atoms with E-state index in [2.05, 4.69) is 25.5 Å². The lowest BCUT2D eigenvalue weighted by Crippen LogP contribution is -2.16. The molecule has 3 heterocycles. The molecule has 1 amide bonds. The first-order valence-corrected chi connectivity index (χ1v) is 7.99. The number of furan rings is 1. The van der Waals surface area contributed by atoms with Gasteiger partial charge in [0.25, 0.3) is 0 Å². The Bertz CT molecular complexity index is 887. The quantitative estimate of drug-likeness (QED) is 0.394. The topological polar surface area (TPSA) is 110 Å². The Morgan fingerprint density at radius 2 is 1.63 bits per heavy atom. The molecule has 0 saturated heterocycles. The van der Waals surface area contributed by atoms with Gasteiger partial charge < -0.3 is 4.42 Å². The first-order valence-electron chi connectivity index (χ1n) is 7.99. The molecule has 8 nitrogen and oxygen atoms in total. The maximum Gasteiger partial charge on any atom is 0.307 e. The number of pyridine rings is 2. The maximum absolute atomic E-state index is 12.1. The van der Waals surface area contributed by atoms with Crippen LogP contribution >= 0.6 is 0 Å². The molecule has 134 valence electrons. The average molecular weight is 361 g/mol. The molecule has 27 heavy (non-hydrogen) atoms. The number of Topliss-reactive ketones (excluding diaryl/α,β-unsaturated/α-hetero) is 1. The fraction of sp³-hybridized carbons (Fsp3) is 0.0526. The third kappa shape index (κ3) is 5.27. The van der Waals surface area contributed by atoms with Crippen LogP contribution in [0.2, 0.25) is 0 Å². The lowest BCUT2D eigenvalue weighted by Gasteiger charge is -1.96. The fourth-order valence-corrected chi connectivity index (χ4v) is 2.05. The number of nitrogens with one attached hydrogen (secondary N) is 1. The Kier molecular flexibility index (Phi) is 5.92. The third-order valence-electron chi connectivity index (χ3n) is 3.33. The molecule has 0 radical (unpaired) electrons. The van der Waals surface area contributed by atoms with E-state index in [9.17, 15) is 9.59 Å². The van der Waals surface area contributed by atoms with E-state index in [-0.39, 0.29) is 23.8 Å². The SMILES string of the molecule is O=C(CN=Cc1cccnc1)c1ccc(C(=O)N/N=C\c2cccnc2)o1. The molecule has 0 saturated carbocycles. The first-order chi connectivity index (χ1) is 13.2. The van der Waals surface area contributed by atoms with Gasteiger partial charge in [-0.25, -0.2) is 5.43 Å². The van der Waals surface area contributed by atoms with Crippen LogP contribution < -0.4 is 5.43 Å². The maximum atomic E-state index is 12.1. The number of aromatic nitrogens is 2. The standard InChI is InChI=1S/C19H15N5O3/c25-16(13-22-11-14-3-1-7-20-9-14)17-5-6-18(27-17)19(26)24-23-12-15-4-2-8-21-10-15/h1-12H,13H2,(H,24,26)/b22-11?,23-12-. The fourth-order valence-electron chi connectivity index (χ4n) is 2.05. The van der Waals surface area contributed by atoms with Crippen LogP contribution in [-0.4, -0.2) is 40.6 Å². The lowest BCUT2D eigenvalue weighted by molar-refractivity contribution is 0.0917. The van der Waals surface area contributed by atoms with Crippen LogP contribution in [0.4, 0.5) is 0 Å². The van der Waals surface area contributed by atoms with E-state index in [0.717, 1.165) is 11.1 Å². The summed E-state index contributed by atoms with van der Waals surface area (Å²) >= 11 is 0. The van der Waals surface area contributed by atoms with Gasteiger partial charge in [0.1, 0.15) is 6.54 Å². The van der Waals surface area contributed by atoms with E-state index in [1.54, 1.807) is 49.2 Å². The van der Waals surface area contributed by atoms with Crippen molar-refractivity contribution in [2.45, 2.75) is 0 Å². The van der Waals surface area contributed by atoms with E-state index in [1.807, 2.05) is 6.07 Å². The van der Waals surface area contributed by atoms with Crippen LogP contribution in [0, 0.1) is 0 Å². The molecule has 3 aromatic rings. The summed E-state index contributed by atoms with van der Waals surface area (Å²) in [5, 5.41) is 3.82. The number of hydrogen-bond donors (Lipinski definition) is 1. The minimum atomic E-state index is -0.562. The number of rotatable bonds is 7. The molecule has 0 atom stereocenters. The van der Waals surface area contributed by atoms with Crippen molar-refractivity contribution in [3.63, 3.8) is 0 Å². The van der Waals surface area contributed by atoms with Gasteiger partial charge >= 0.3 is 5.91 Å². The zero-order valence-electron chi connectivity index (χ0n) is 14.1. The van der Waals surface area contributed by atoms with Gasteiger partial charge in [-0.3, -0.25) is 24.5 Å². The highest BCUT2D eigenvalue weighted by Crippen LogP contribution is 2.09. The van der Waals surface area contributed by atoms with E-state index in [0.29, 0.717) is 0 Å². The Hall–Kier alpha value is -3.94. The van der Waals surface area contributed by atoms with Gasteiger partial charge in [0.2, 0.25) is 5.78 Å². The van der Waals surface area contributed by atoms with Gasteiger partial charge in [0.15, 0.2) is 11.5 Å². The van der Waals surface area contributed by atoms with Crippen molar-refractivity contribution in [3.8, 4) is 0 Å². The number of hydrogen-bond acceptors (Lipinski definition) is 7. The summed E-state index contributed by atoms with van der Waals surface area (Å²) in [5.74, 6) is -0.862. The molecule has 0 fully saturated rings. The van der Waals surface area contributed by atoms with Crippen molar-refractivity contribution in [2.75, 3.05) is 6.54 Å². The molecule has 1 N–H and O–H groups in total. The number of carbonyl (C=O) groups excluding carboxylic acids is 2. The van der Waals surface area contributed by atoms with Crippen LogP contribution in [0.1, 0.15) is 32.2 Å². The van der Waals surface area contributed by atoms with E-state index >= 15 is 0 Å². The smallest absolute Gasteiger partial charge is 0.307 e. The van der Waals surface area contributed by atoms with Crippen LogP contribution in [0.5, 0.6) is 0 Å². The highest BCUT2D eigenvalue weighted by Gasteiger charge is 2.14. The summed E-state index contributed by atoms with van der Waals surface area (Å²) in [7, 11) is 0. The van der Waals surface area contributed by atoms with Gasteiger partial charge in [-0.05, 0) is 24.3 Å². The summed E-state index contributed by atoms with van der Waals surface area (Å²) in [5.41, 5.74) is 3.85. The number of nitrogens with zero attached hydrogens (tertiary/aromatic N) is 4. The van der Waals surface area contributed by atoms with Crippen molar-refractivity contribution >= 4 is 24.1 Å². The second-order valence-corrected chi connectivity index (χ2v) is 5.33. The summed E-state index contributed by atoms with van der Waals surface area (Å²) < 4.78 is 5.28. The Morgan fingerprint density at radius 1 is 0.963 bits per heavy atom. The van der Waals surface area contributed by atoms with Gasteiger partial charge in [-0.2, -0.15) is 5.10 Å². The average Bonchev–Trinajstić information content (AvgIpc) is 3.20. The number of aliphatic imine (C=N–C) groups is 1. The van der Waals surface area contributed by atoms with Gasteiger partial charge in [0.05, 0.1) is 6.21 Å². The molecule has 0 aromatic carbocycles. The molecular formula is C19H15N5O3. The number of amides is 1. The third-order valence-corrected chi connectivity index (χ3v) is 3.33. The molecule has 0 unspecified atom stereocenters. The lowest BCUT2D eigenvalue weighted by atomic mass is 10.3. The molecule has 0 aliphatic carbocycles. The number of ketones is 1. The van der Waals surface area contributed by atoms with Crippen molar-refractivity contribution in [1.82, 2.24) is 15.4 Å². The van der Waals surface area contributed by atoms with Gasteiger partial charge in [-0.15, -0.1) is 0 Å². The predicted octanol–water partition coefficient (Wildman–Crippen LogP) is 2.14. The summed E-state index contributed by atoms with van der Waals surface area (Å²) in [4.78, 5) is 36.0. The monoisotopic (exact) mass is 361 g/mol. The number of hydrazone groups is 1. The van der Waals surface area contributed by atoms with Crippen molar-refractivity contribution in [2.24, 2.45) is 10.1 Å². The van der Waals surface area contributed by atoms with E-state index in [1.165, 1.54) is 18.3 Å². The second-order valence-electron chi connectivity index (χ2n) is 5.33. The highest BCUT2D eigenvalue weighted by molar-refractivity contribution is 5.98. The van der Waals surface area contributed by atoms with E-state index < -0.39 is 5.91 Å². The van der Waals surface area contributed by atoms with Crippen molar-refractivity contribution in [1.29, 1.82) is 0 Å². The minimum absolute atomic E-state index is 0.0158. The van der Waals surface area contributed by atoms with Crippen LogP contribution in [0.15, 0.2) is 75.7 Å². The molecule has 8 heteroatoms. The van der Waals surface area contributed by atoms with Crippen molar-refractivity contribution in [3.05, 3.63) is 83.8 Å². The molecule has 0 spiro atoms. The molecule has 0 aliphatic rings. The molecular weight excluding hydrogens is 346 g/mol. The summed E-state index contributed by atoms with van der Waals surface area (Å²) in [6.07, 6.45) is 9.53. The Morgan fingerprint density at radius 3 is 2.30 bits per heavy atom. The van der Waals surface area contributed by atoms with Crippen LogP contribution in [0.25, 0.3) is 0 Å². The highest BCUT2D eigenvalue weighted by atomic mass is 16.4. The first kappa shape index (κ1) is 17.9. The van der Waals surface area contributed by atoms with Gasteiger partial charge in [-0.1, -0.05) is 12.1 Å². The zero-order valence-corrected chi connectivity index (χ0v) is 14.1. The largest absolute Gasteiger partial charge is 0.448 e. The Balaban J connectivity index is 1.54. The molecule has 0 bridgehead atoms.